The molecule has 0 fully saturated rings. The lowest BCUT2D eigenvalue weighted by Crippen LogP contribution is -2.09. The summed E-state index contributed by atoms with van der Waals surface area (Å²) >= 11 is 0. The van der Waals surface area contributed by atoms with Crippen LogP contribution < -0.4 is 5.73 Å². The van der Waals surface area contributed by atoms with E-state index >= 15 is 0 Å². The van der Waals surface area contributed by atoms with Gasteiger partial charge < -0.3 is 10.3 Å². The van der Waals surface area contributed by atoms with Crippen LogP contribution in [0.15, 0.2) is 0 Å². The third-order valence-corrected chi connectivity index (χ3v) is 2.39. The van der Waals surface area contributed by atoms with Crippen LogP contribution in [0.4, 0.5) is 0 Å². The Bertz CT molecular complexity index is 276. The van der Waals surface area contributed by atoms with Crippen molar-refractivity contribution in [3.8, 4) is 0 Å². The fraction of sp³-hybridized carbons (Fsp3) is 0.700. The van der Waals surface area contributed by atoms with Crippen LogP contribution in [0.25, 0.3) is 0 Å². The van der Waals surface area contributed by atoms with E-state index in [2.05, 4.69) is 23.5 Å². The Hall–Kier alpha value is -0.830. The molecule has 1 heterocycles. The summed E-state index contributed by atoms with van der Waals surface area (Å²) in [7, 11) is 2.06. The Morgan fingerprint density at radius 3 is 2.62 bits per heavy atom. The highest BCUT2D eigenvalue weighted by molar-refractivity contribution is 5.17. The molecule has 13 heavy (non-hydrogen) atoms. The van der Waals surface area contributed by atoms with Crippen molar-refractivity contribution in [1.29, 1.82) is 0 Å². The number of hydrogen-bond acceptors (Lipinski definition) is 2. The predicted octanol–water partition coefficient (Wildman–Crippen LogP) is 1.18. The van der Waals surface area contributed by atoms with Gasteiger partial charge in [-0.15, -0.1) is 0 Å². The van der Waals surface area contributed by atoms with Gasteiger partial charge >= 0.3 is 0 Å². The van der Waals surface area contributed by atoms with E-state index in [-0.39, 0.29) is 0 Å². The summed E-state index contributed by atoms with van der Waals surface area (Å²) in [6.45, 7) is 4.92. The second kappa shape index (κ2) is 4.42. The van der Waals surface area contributed by atoms with Gasteiger partial charge in [-0.3, -0.25) is 0 Å². The quantitative estimate of drug-likeness (QED) is 0.758. The Morgan fingerprint density at radius 2 is 2.08 bits per heavy atom. The highest BCUT2D eigenvalue weighted by Crippen LogP contribution is 2.12. The second-order valence-corrected chi connectivity index (χ2v) is 3.40. The first-order valence-corrected chi connectivity index (χ1v) is 4.91. The third-order valence-electron chi connectivity index (χ3n) is 2.39. The second-order valence-electron chi connectivity index (χ2n) is 3.40. The van der Waals surface area contributed by atoms with Crippen LogP contribution in [-0.4, -0.2) is 16.1 Å². The van der Waals surface area contributed by atoms with E-state index in [1.807, 2.05) is 6.92 Å². The SMILES string of the molecule is CCCc1nc(C)n(C)c1CCN. The molecular formula is C10H19N3. The molecule has 3 nitrogen and oxygen atoms in total. The average molecular weight is 181 g/mol. The van der Waals surface area contributed by atoms with E-state index in [9.17, 15) is 0 Å². The van der Waals surface area contributed by atoms with E-state index in [1.165, 1.54) is 11.4 Å². The van der Waals surface area contributed by atoms with Crippen LogP contribution in [0.1, 0.15) is 30.6 Å². The molecule has 2 N–H and O–H groups in total. The minimum absolute atomic E-state index is 0.704. The minimum atomic E-state index is 0.704. The molecule has 0 aliphatic rings. The van der Waals surface area contributed by atoms with E-state index in [0.29, 0.717) is 6.54 Å². The zero-order valence-corrected chi connectivity index (χ0v) is 8.80. The van der Waals surface area contributed by atoms with Gasteiger partial charge in [-0.05, 0) is 19.9 Å². The van der Waals surface area contributed by atoms with Crippen molar-refractivity contribution in [2.45, 2.75) is 33.1 Å². The van der Waals surface area contributed by atoms with Crippen molar-refractivity contribution >= 4 is 0 Å². The van der Waals surface area contributed by atoms with Gasteiger partial charge in [0.1, 0.15) is 5.82 Å². The molecule has 0 spiro atoms. The summed E-state index contributed by atoms with van der Waals surface area (Å²) in [6, 6.07) is 0. The molecule has 1 rings (SSSR count). The number of nitrogens with zero attached hydrogens (tertiary/aromatic N) is 2. The first-order chi connectivity index (χ1) is 6.20. The highest BCUT2D eigenvalue weighted by atomic mass is 15.1. The Kier molecular flexibility index (Phi) is 3.48. The van der Waals surface area contributed by atoms with Crippen LogP contribution in [0.2, 0.25) is 0 Å². The lowest BCUT2D eigenvalue weighted by atomic mass is 10.2. The molecule has 0 saturated heterocycles. The van der Waals surface area contributed by atoms with Gasteiger partial charge in [0.2, 0.25) is 0 Å². The summed E-state index contributed by atoms with van der Waals surface area (Å²) in [5, 5.41) is 0. The predicted molar refractivity (Wildman–Crippen MR) is 54.7 cm³/mol. The van der Waals surface area contributed by atoms with Gasteiger partial charge in [0, 0.05) is 19.2 Å². The summed E-state index contributed by atoms with van der Waals surface area (Å²) in [6.07, 6.45) is 3.15. The molecule has 74 valence electrons. The Balaban J connectivity index is 2.96. The molecule has 0 atom stereocenters. The van der Waals surface area contributed by atoms with Gasteiger partial charge in [0.25, 0.3) is 0 Å². The maximum atomic E-state index is 5.56. The first kappa shape index (κ1) is 10.3. The summed E-state index contributed by atoms with van der Waals surface area (Å²) in [5.41, 5.74) is 8.10. The van der Waals surface area contributed by atoms with Crippen LogP contribution in [0.3, 0.4) is 0 Å². The first-order valence-electron chi connectivity index (χ1n) is 4.91. The van der Waals surface area contributed by atoms with Crippen molar-refractivity contribution in [3.63, 3.8) is 0 Å². The van der Waals surface area contributed by atoms with Gasteiger partial charge in [-0.2, -0.15) is 0 Å². The summed E-state index contributed by atoms with van der Waals surface area (Å²) in [4.78, 5) is 4.53. The van der Waals surface area contributed by atoms with Crippen molar-refractivity contribution < 1.29 is 0 Å². The molecule has 1 aromatic heterocycles. The van der Waals surface area contributed by atoms with E-state index in [0.717, 1.165) is 25.1 Å². The Labute approximate surface area is 80.0 Å². The standard InChI is InChI=1S/C10H19N3/c1-4-5-9-10(6-7-11)13(3)8(2)12-9/h4-7,11H2,1-3H3. The lowest BCUT2D eigenvalue weighted by Gasteiger charge is -2.03. The Morgan fingerprint density at radius 1 is 1.38 bits per heavy atom. The molecule has 0 bridgehead atoms. The molecule has 0 aliphatic heterocycles. The molecule has 0 aliphatic carbocycles. The smallest absolute Gasteiger partial charge is 0.105 e. The van der Waals surface area contributed by atoms with E-state index in [4.69, 9.17) is 5.73 Å². The summed E-state index contributed by atoms with van der Waals surface area (Å²) in [5.74, 6) is 1.09. The van der Waals surface area contributed by atoms with E-state index in [1.54, 1.807) is 0 Å². The van der Waals surface area contributed by atoms with Gasteiger partial charge in [-0.25, -0.2) is 4.98 Å². The number of aryl methyl sites for hydroxylation is 2. The molecule has 1 aromatic rings. The molecule has 0 radical (unpaired) electrons. The maximum Gasteiger partial charge on any atom is 0.105 e. The molecular weight excluding hydrogens is 162 g/mol. The number of nitrogens with two attached hydrogens (primary N) is 1. The van der Waals surface area contributed by atoms with E-state index < -0.39 is 0 Å². The number of aromatic nitrogens is 2. The third kappa shape index (κ3) is 2.10. The molecule has 0 amide bonds. The van der Waals surface area contributed by atoms with Gasteiger partial charge in [-0.1, -0.05) is 13.3 Å². The normalized spacial score (nSPS) is 10.8. The number of rotatable bonds is 4. The number of imidazole rings is 1. The fourth-order valence-corrected chi connectivity index (χ4v) is 1.61. The van der Waals surface area contributed by atoms with Crippen LogP contribution in [0, 0.1) is 6.92 Å². The monoisotopic (exact) mass is 181 g/mol. The minimum Gasteiger partial charge on any atom is -0.335 e. The van der Waals surface area contributed by atoms with Crippen LogP contribution >= 0.6 is 0 Å². The van der Waals surface area contributed by atoms with Gasteiger partial charge in [0.05, 0.1) is 5.69 Å². The van der Waals surface area contributed by atoms with Crippen molar-refractivity contribution in [1.82, 2.24) is 9.55 Å². The number of hydrogen-bond donors (Lipinski definition) is 1. The van der Waals surface area contributed by atoms with Crippen LogP contribution in [-0.2, 0) is 19.9 Å². The lowest BCUT2D eigenvalue weighted by molar-refractivity contribution is 0.766. The topological polar surface area (TPSA) is 43.8 Å². The van der Waals surface area contributed by atoms with Gasteiger partial charge in [0.15, 0.2) is 0 Å². The molecule has 0 unspecified atom stereocenters. The average Bonchev–Trinajstić information content (AvgIpc) is 2.34. The summed E-state index contributed by atoms with van der Waals surface area (Å²) < 4.78 is 2.15. The molecule has 0 saturated carbocycles. The highest BCUT2D eigenvalue weighted by Gasteiger charge is 2.09. The molecule has 0 aromatic carbocycles. The maximum absolute atomic E-state index is 5.56. The zero-order valence-electron chi connectivity index (χ0n) is 8.80. The fourth-order valence-electron chi connectivity index (χ4n) is 1.61. The zero-order chi connectivity index (χ0) is 9.84. The largest absolute Gasteiger partial charge is 0.335 e. The van der Waals surface area contributed by atoms with Crippen LogP contribution in [0.5, 0.6) is 0 Å². The molecule has 3 heteroatoms. The van der Waals surface area contributed by atoms with Crippen molar-refractivity contribution in [2.24, 2.45) is 12.8 Å². The van der Waals surface area contributed by atoms with Crippen molar-refractivity contribution in [3.05, 3.63) is 17.2 Å². The van der Waals surface area contributed by atoms with Crippen molar-refractivity contribution in [2.75, 3.05) is 6.54 Å².